The Balaban J connectivity index is 1.92. The van der Waals surface area contributed by atoms with E-state index in [2.05, 4.69) is 31.2 Å². The van der Waals surface area contributed by atoms with Crippen LogP contribution in [0.1, 0.15) is 117 Å². The average Bonchev–Trinajstić information content (AvgIpc) is 2.80. The van der Waals surface area contributed by atoms with Crippen molar-refractivity contribution in [1.29, 1.82) is 0 Å². The van der Waals surface area contributed by atoms with Gasteiger partial charge in [0.25, 0.3) is 0 Å². The quantitative estimate of drug-likeness (QED) is 0.0868. The van der Waals surface area contributed by atoms with Crippen molar-refractivity contribution < 1.29 is 9.53 Å². The Hall–Kier alpha value is -1.64. The van der Waals surface area contributed by atoms with Gasteiger partial charge in [0.05, 0.1) is 6.61 Å². The van der Waals surface area contributed by atoms with Crippen molar-refractivity contribution in [2.24, 2.45) is 10.9 Å². The first-order valence-corrected chi connectivity index (χ1v) is 13.5. The van der Waals surface area contributed by atoms with Crippen LogP contribution in [-0.4, -0.2) is 24.8 Å². The first kappa shape index (κ1) is 28.4. The van der Waals surface area contributed by atoms with Gasteiger partial charge in [0.15, 0.2) is 0 Å². The number of hydrogen-bond acceptors (Lipinski definition) is 3. The van der Waals surface area contributed by atoms with Gasteiger partial charge in [0.1, 0.15) is 0 Å². The van der Waals surface area contributed by atoms with Gasteiger partial charge in [-0.05, 0) is 63.9 Å². The summed E-state index contributed by atoms with van der Waals surface area (Å²) >= 11 is 0. The fourth-order valence-electron chi connectivity index (χ4n) is 4.00. The first-order chi connectivity index (χ1) is 15.8. The lowest BCUT2D eigenvalue weighted by molar-refractivity contribution is -0.137. The average molecular weight is 444 g/mol. The summed E-state index contributed by atoms with van der Waals surface area (Å²) in [6, 6.07) is 0. The van der Waals surface area contributed by atoms with Crippen molar-refractivity contribution in [2.45, 2.75) is 117 Å². The molecule has 32 heavy (non-hydrogen) atoms. The minimum atomic E-state index is -0.250. The third-order valence-corrected chi connectivity index (χ3v) is 6.02. The Labute approximate surface area is 198 Å². The molecule has 0 fully saturated rings. The Morgan fingerprint density at radius 1 is 0.938 bits per heavy atom. The molecule has 3 heteroatoms. The van der Waals surface area contributed by atoms with Crippen molar-refractivity contribution >= 4 is 11.7 Å². The molecule has 0 N–H and O–H groups in total. The predicted molar refractivity (Wildman–Crippen MR) is 139 cm³/mol. The number of aliphatic imine (C=N–C) groups is 1. The number of carbonyl (C=O) groups excluding carboxylic acids is 1. The van der Waals surface area contributed by atoms with Gasteiger partial charge in [-0.3, -0.25) is 4.99 Å². The van der Waals surface area contributed by atoms with Crippen LogP contribution < -0.4 is 0 Å². The van der Waals surface area contributed by atoms with Gasteiger partial charge < -0.3 is 4.74 Å². The third-order valence-electron chi connectivity index (χ3n) is 6.02. The van der Waals surface area contributed by atoms with E-state index in [1.54, 1.807) is 6.08 Å². The van der Waals surface area contributed by atoms with Gasteiger partial charge in [-0.15, -0.1) is 0 Å². The lowest BCUT2D eigenvalue weighted by Gasteiger charge is -2.13. The molecular formula is C29H49NO2. The predicted octanol–water partition coefficient (Wildman–Crippen LogP) is 8.55. The van der Waals surface area contributed by atoms with E-state index >= 15 is 0 Å². The van der Waals surface area contributed by atoms with Crippen LogP contribution in [0, 0.1) is 5.92 Å². The molecule has 1 aliphatic carbocycles. The Bertz CT molecular complexity index is 574. The van der Waals surface area contributed by atoms with Crippen molar-refractivity contribution in [3.05, 3.63) is 36.5 Å². The summed E-state index contributed by atoms with van der Waals surface area (Å²) < 4.78 is 4.92. The fraction of sp³-hybridized carbons (Fsp3) is 0.724. The zero-order chi connectivity index (χ0) is 23.1. The number of hydrogen-bond donors (Lipinski definition) is 0. The number of allylic oxidation sites excluding steroid dienone is 5. The topological polar surface area (TPSA) is 38.7 Å². The molecule has 3 nitrogen and oxygen atoms in total. The standard InChI is InChI=1S/C29H49NO2/c1-3-5-6-7-8-9-10-11-12-13-14-15-16-17-18-19-26-30-28-23-20-27(21-24-28)22-25-29(31)32-4-2/h11-12,20,22-23,25,27H,3-10,13-19,21,24,26H2,1-2H3. The molecule has 0 aromatic rings. The van der Waals surface area contributed by atoms with Crippen LogP contribution >= 0.6 is 0 Å². The summed E-state index contributed by atoms with van der Waals surface area (Å²) in [4.78, 5) is 16.1. The zero-order valence-corrected chi connectivity index (χ0v) is 21.0. The molecule has 0 spiro atoms. The molecule has 1 atom stereocenters. The van der Waals surface area contributed by atoms with Gasteiger partial charge in [-0.2, -0.15) is 0 Å². The molecule has 0 bridgehead atoms. The van der Waals surface area contributed by atoms with E-state index in [4.69, 9.17) is 9.73 Å². The first-order valence-electron chi connectivity index (χ1n) is 13.5. The normalized spacial score (nSPS) is 17.7. The molecule has 0 aromatic heterocycles. The number of carbonyl (C=O) groups is 1. The lowest BCUT2D eigenvalue weighted by atomic mass is 9.94. The number of unbranched alkanes of at least 4 members (excludes halogenated alkanes) is 12. The van der Waals surface area contributed by atoms with E-state index in [1.807, 2.05) is 13.0 Å². The summed E-state index contributed by atoms with van der Waals surface area (Å²) in [6.45, 7) is 5.48. The molecule has 182 valence electrons. The Morgan fingerprint density at radius 3 is 2.16 bits per heavy atom. The molecule has 1 rings (SSSR count). The summed E-state index contributed by atoms with van der Waals surface area (Å²) in [5.41, 5.74) is 1.21. The highest BCUT2D eigenvalue weighted by Gasteiger charge is 2.09. The SMILES string of the molecule is CCCCCCCCC=CCCCCCCCCN=C1C=CC(C=CC(=O)OCC)CC1. The highest BCUT2D eigenvalue weighted by Crippen LogP contribution is 2.17. The minimum absolute atomic E-state index is 0.250. The van der Waals surface area contributed by atoms with E-state index in [0.717, 1.165) is 19.4 Å². The minimum Gasteiger partial charge on any atom is -0.463 e. The largest absolute Gasteiger partial charge is 0.463 e. The highest BCUT2D eigenvalue weighted by molar-refractivity contribution is 5.95. The van der Waals surface area contributed by atoms with Gasteiger partial charge in [0, 0.05) is 18.3 Å². The molecule has 0 saturated carbocycles. The fourth-order valence-corrected chi connectivity index (χ4v) is 4.00. The molecule has 0 radical (unpaired) electrons. The van der Waals surface area contributed by atoms with Crippen LogP contribution in [0.3, 0.4) is 0 Å². The second-order valence-corrected chi connectivity index (χ2v) is 8.98. The molecule has 0 aromatic carbocycles. The number of ether oxygens (including phenoxy) is 1. The van der Waals surface area contributed by atoms with Gasteiger partial charge in [0.2, 0.25) is 0 Å². The summed E-state index contributed by atoms with van der Waals surface area (Å²) in [7, 11) is 0. The van der Waals surface area contributed by atoms with E-state index < -0.39 is 0 Å². The number of rotatable bonds is 19. The van der Waals surface area contributed by atoms with Crippen molar-refractivity contribution in [1.82, 2.24) is 0 Å². The van der Waals surface area contributed by atoms with E-state index in [-0.39, 0.29) is 5.97 Å². The summed E-state index contributed by atoms with van der Waals surface area (Å²) in [6.07, 6.45) is 33.4. The van der Waals surface area contributed by atoms with Gasteiger partial charge in [-0.25, -0.2) is 4.79 Å². The summed E-state index contributed by atoms with van der Waals surface area (Å²) in [5, 5.41) is 0. The maximum absolute atomic E-state index is 11.4. The smallest absolute Gasteiger partial charge is 0.330 e. The molecule has 0 amide bonds. The van der Waals surface area contributed by atoms with Gasteiger partial charge in [-0.1, -0.05) is 89.0 Å². The van der Waals surface area contributed by atoms with Crippen LogP contribution in [0.15, 0.2) is 41.4 Å². The molecule has 1 unspecified atom stereocenters. The maximum Gasteiger partial charge on any atom is 0.330 e. The molecule has 1 aliphatic rings. The Morgan fingerprint density at radius 2 is 1.56 bits per heavy atom. The van der Waals surface area contributed by atoms with Crippen LogP contribution in [0.4, 0.5) is 0 Å². The molecule has 0 saturated heterocycles. The number of esters is 1. The van der Waals surface area contributed by atoms with Gasteiger partial charge >= 0.3 is 5.97 Å². The molecule has 0 aliphatic heterocycles. The van der Waals surface area contributed by atoms with Crippen LogP contribution in [0.5, 0.6) is 0 Å². The zero-order valence-electron chi connectivity index (χ0n) is 21.0. The van der Waals surface area contributed by atoms with Crippen LogP contribution in [0.2, 0.25) is 0 Å². The van der Waals surface area contributed by atoms with Crippen molar-refractivity contribution in [3.8, 4) is 0 Å². The van der Waals surface area contributed by atoms with Crippen molar-refractivity contribution in [3.63, 3.8) is 0 Å². The van der Waals surface area contributed by atoms with E-state index in [0.29, 0.717) is 12.5 Å². The number of nitrogens with zero attached hydrogens (tertiary/aromatic N) is 1. The second-order valence-electron chi connectivity index (χ2n) is 8.98. The summed E-state index contributed by atoms with van der Waals surface area (Å²) in [5.74, 6) is 0.0732. The highest BCUT2D eigenvalue weighted by atomic mass is 16.5. The van der Waals surface area contributed by atoms with E-state index in [1.165, 1.54) is 95.6 Å². The second kappa shape index (κ2) is 21.2. The monoisotopic (exact) mass is 443 g/mol. The van der Waals surface area contributed by atoms with Crippen LogP contribution in [-0.2, 0) is 9.53 Å². The Kier molecular flexibility index (Phi) is 18.8. The third kappa shape index (κ3) is 17.0. The van der Waals surface area contributed by atoms with Crippen molar-refractivity contribution in [2.75, 3.05) is 13.2 Å². The maximum atomic E-state index is 11.4. The molecular weight excluding hydrogens is 394 g/mol. The van der Waals surface area contributed by atoms with E-state index in [9.17, 15) is 4.79 Å². The van der Waals surface area contributed by atoms with Crippen LogP contribution in [0.25, 0.3) is 0 Å². The lowest BCUT2D eigenvalue weighted by Crippen LogP contribution is -2.08. The molecule has 0 heterocycles.